The summed E-state index contributed by atoms with van der Waals surface area (Å²) >= 11 is 0. The van der Waals surface area contributed by atoms with Crippen LogP contribution in [0.25, 0.3) is 0 Å². The molecule has 0 saturated carbocycles. The third-order valence-electron chi connectivity index (χ3n) is 4.68. The molecule has 3 N–H and O–H groups in total. The standard InChI is InChI=1S/C20H23N3O3.ClH/c1-26-18-5-3-2-4-17(18)22-19(24)14-10-12-23(13-11-14)20(25)15-6-8-16(21)9-7-15;/h2-9,14H,10-13,21H2,1H3,(H,22,24);1H. The Morgan fingerprint density at radius 1 is 1.07 bits per heavy atom. The molecule has 1 heterocycles. The van der Waals surface area contributed by atoms with Gasteiger partial charge in [0.1, 0.15) is 5.75 Å². The van der Waals surface area contributed by atoms with Gasteiger partial charge < -0.3 is 20.7 Å². The van der Waals surface area contributed by atoms with E-state index >= 15 is 0 Å². The molecule has 1 fully saturated rings. The van der Waals surface area contributed by atoms with Crippen LogP contribution in [0.1, 0.15) is 23.2 Å². The first-order chi connectivity index (χ1) is 12.6. The number of carbonyl (C=O) groups is 2. The first-order valence-electron chi connectivity index (χ1n) is 8.67. The number of nitrogens with two attached hydrogens (primary N) is 1. The molecule has 0 spiro atoms. The van der Waals surface area contributed by atoms with E-state index in [-0.39, 0.29) is 30.1 Å². The number of hydrogen-bond donors (Lipinski definition) is 2. The van der Waals surface area contributed by atoms with Crippen molar-refractivity contribution in [3.63, 3.8) is 0 Å². The Hall–Kier alpha value is -2.73. The fraction of sp³-hybridized carbons (Fsp3) is 0.300. The van der Waals surface area contributed by atoms with Crippen LogP contribution in [-0.2, 0) is 4.79 Å². The van der Waals surface area contributed by atoms with Crippen LogP contribution in [0, 0.1) is 5.92 Å². The Morgan fingerprint density at radius 2 is 1.70 bits per heavy atom. The van der Waals surface area contributed by atoms with Crippen molar-refractivity contribution in [1.82, 2.24) is 4.90 Å². The number of halogens is 1. The van der Waals surface area contributed by atoms with Gasteiger partial charge in [0, 0.05) is 30.3 Å². The van der Waals surface area contributed by atoms with E-state index in [9.17, 15) is 9.59 Å². The number of nitrogen functional groups attached to an aromatic ring is 1. The van der Waals surface area contributed by atoms with Gasteiger partial charge in [-0.2, -0.15) is 0 Å². The van der Waals surface area contributed by atoms with Crippen LogP contribution in [0.2, 0.25) is 0 Å². The van der Waals surface area contributed by atoms with E-state index in [2.05, 4.69) is 5.32 Å². The molecule has 2 aromatic carbocycles. The lowest BCUT2D eigenvalue weighted by molar-refractivity contribution is -0.121. The quantitative estimate of drug-likeness (QED) is 0.786. The predicted octanol–water partition coefficient (Wildman–Crippen LogP) is 3.19. The van der Waals surface area contributed by atoms with Crippen molar-refractivity contribution >= 4 is 35.6 Å². The maximum absolute atomic E-state index is 12.5. The summed E-state index contributed by atoms with van der Waals surface area (Å²) in [7, 11) is 1.58. The van der Waals surface area contributed by atoms with Gasteiger partial charge in [0.25, 0.3) is 5.91 Å². The highest BCUT2D eigenvalue weighted by Gasteiger charge is 2.28. The van der Waals surface area contributed by atoms with Crippen LogP contribution in [0.15, 0.2) is 48.5 Å². The normalized spacial score (nSPS) is 14.2. The minimum absolute atomic E-state index is 0. The molecule has 1 aliphatic rings. The van der Waals surface area contributed by atoms with E-state index in [1.54, 1.807) is 36.3 Å². The lowest BCUT2D eigenvalue weighted by Gasteiger charge is -2.31. The maximum Gasteiger partial charge on any atom is 0.253 e. The van der Waals surface area contributed by atoms with E-state index in [0.717, 1.165) is 0 Å². The molecule has 0 bridgehead atoms. The minimum Gasteiger partial charge on any atom is -0.495 e. The van der Waals surface area contributed by atoms with Crippen molar-refractivity contribution in [1.29, 1.82) is 0 Å². The molecule has 3 rings (SSSR count). The van der Waals surface area contributed by atoms with Crippen LogP contribution in [-0.4, -0.2) is 36.9 Å². The summed E-state index contributed by atoms with van der Waals surface area (Å²) < 4.78 is 5.26. The van der Waals surface area contributed by atoms with Crippen molar-refractivity contribution < 1.29 is 14.3 Å². The third kappa shape index (κ3) is 4.92. The zero-order valence-electron chi connectivity index (χ0n) is 15.2. The number of amides is 2. The molecule has 7 heteroatoms. The van der Waals surface area contributed by atoms with Crippen LogP contribution in [0.3, 0.4) is 0 Å². The molecular formula is C20H24ClN3O3. The number of nitrogens with zero attached hydrogens (tertiary/aromatic N) is 1. The Bertz CT molecular complexity index is 787. The Balaban J connectivity index is 0.00000261. The SMILES string of the molecule is COc1ccccc1NC(=O)C1CCN(C(=O)c2ccc(N)cc2)CC1.Cl. The molecule has 0 unspecified atom stereocenters. The average molecular weight is 390 g/mol. The number of methoxy groups -OCH3 is 1. The summed E-state index contributed by atoms with van der Waals surface area (Å²) in [6, 6.07) is 14.2. The monoisotopic (exact) mass is 389 g/mol. The number of carbonyl (C=O) groups excluding carboxylic acids is 2. The van der Waals surface area contributed by atoms with Crippen molar-refractivity contribution in [3.05, 3.63) is 54.1 Å². The van der Waals surface area contributed by atoms with Crippen LogP contribution in [0.5, 0.6) is 5.75 Å². The molecule has 0 aliphatic carbocycles. The van der Waals surface area contributed by atoms with Crippen LogP contribution < -0.4 is 15.8 Å². The number of hydrogen-bond acceptors (Lipinski definition) is 4. The zero-order chi connectivity index (χ0) is 18.5. The summed E-state index contributed by atoms with van der Waals surface area (Å²) in [6.07, 6.45) is 1.28. The summed E-state index contributed by atoms with van der Waals surface area (Å²) in [5.41, 5.74) is 7.58. The molecule has 0 radical (unpaired) electrons. The smallest absolute Gasteiger partial charge is 0.253 e. The topological polar surface area (TPSA) is 84.7 Å². The molecular weight excluding hydrogens is 366 g/mol. The molecule has 144 valence electrons. The van der Waals surface area contributed by atoms with Gasteiger partial charge in [-0.1, -0.05) is 12.1 Å². The fourth-order valence-electron chi connectivity index (χ4n) is 3.14. The summed E-state index contributed by atoms with van der Waals surface area (Å²) in [5.74, 6) is 0.467. The summed E-state index contributed by atoms with van der Waals surface area (Å²) in [5, 5.41) is 2.93. The van der Waals surface area contributed by atoms with Gasteiger partial charge in [-0.15, -0.1) is 12.4 Å². The molecule has 1 saturated heterocycles. The average Bonchev–Trinajstić information content (AvgIpc) is 2.68. The van der Waals surface area contributed by atoms with Gasteiger partial charge in [0.15, 0.2) is 0 Å². The Labute approximate surface area is 165 Å². The molecule has 27 heavy (non-hydrogen) atoms. The minimum atomic E-state index is -0.115. The lowest BCUT2D eigenvalue weighted by atomic mass is 9.95. The van der Waals surface area contributed by atoms with E-state index in [4.69, 9.17) is 10.5 Å². The van der Waals surface area contributed by atoms with E-state index in [0.29, 0.717) is 48.6 Å². The van der Waals surface area contributed by atoms with Gasteiger partial charge in [-0.25, -0.2) is 0 Å². The fourth-order valence-corrected chi connectivity index (χ4v) is 3.14. The van der Waals surface area contributed by atoms with Gasteiger partial charge in [0.2, 0.25) is 5.91 Å². The molecule has 1 aliphatic heterocycles. The van der Waals surface area contributed by atoms with Gasteiger partial charge >= 0.3 is 0 Å². The first-order valence-corrected chi connectivity index (χ1v) is 8.67. The number of benzene rings is 2. The highest BCUT2D eigenvalue weighted by Crippen LogP contribution is 2.26. The van der Waals surface area contributed by atoms with E-state index in [1.807, 2.05) is 24.3 Å². The number of piperidine rings is 1. The highest BCUT2D eigenvalue weighted by atomic mass is 35.5. The van der Waals surface area contributed by atoms with Crippen LogP contribution >= 0.6 is 12.4 Å². The predicted molar refractivity (Wildman–Crippen MR) is 108 cm³/mol. The summed E-state index contributed by atoms with van der Waals surface area (Å²) in [6.45, 7) is 1.13. The molecule has 2 aromatic rings. The molecule has 2 amide bonds. The second kappa shape index (κ2) is 9.28. The Kier molecular flexibility index (Phi) is 7.07. The molecule has 6 nitrogen and oxygen atoms in total. The van der Waals surface area contributed by atoms with Crippen molar-refractivity contribution in [2.45, 2.75) is 12.8 Å². The van der Waals surface area contributed by atoms with Gasteiger partial charge in [-0.3, -0.25) is 9.59 Å². The van der Waals surface area contributed by atoms with Crippen molar-refractivity contribution in [3.8, 4) is 5.75 Å². The van der Waals surface area contributed by atoms with E-state index in [1.165, 1.54) is 0 Å². The number of para-hydroxylation sites is 2. The number of rotatable bonds is 4. The number of nitrogens with one attached hydrogen (secondary N) is 1. The van der Waals surface area contributed by atoms with E-state index < -0.39 is 0 Å². The molecule has 0 atom stereocenters. The second-order valence-electron chi connectivity index (χ2n) is 6.38. The third-order valence-corrected chi connectivity index (χ3v) is 4.68. The largest absolute Gasteiger partial charge is 0.495 e. The number of likely N-dealkylation sites (tertiary alicyclic amines) is 1. The summed E-state index contributed by atoms with van der Waals surface area (Å²) in [4.78, 5) is 26.9. The Morgan fingerprint density at radius 3 is 2.33 bits per heavy atom. The maximum atomic E-state index is 12.5. The number of ether oxygens (including phenoxy) is 1. The lowest BCUT2D eigenvalue weighted by Crippen LogP contribution is -2.41. The second-order valence-corrected chi connectivity index (χ2v) is 6.38. The van der Waals surface area contributed by atoms with Crippen LogP contribution in [0.4, 0.5) is 11.4 Å². The number of anilines is 2. The van der Waals surface area contributed by atoms with Crippen molar-refractivity contribution in [2.75, 3.05) is 31.2 Å². The van der Waals surface area contributed by atoms with Gasteiger partial charge in [-0.05, 0) is 49.2 Å². The van der Waals surface area contributed by atoms with Crippen molar-refractivity contribution in [2.24, 2.45) is 5.92 Å². The zero-order valence-corrected chi connectivity index (χ0v) is 16.0. The highest BCUT2D eigenvalue weighted by molar-refractivity contribution is 5.96. The first kappa shape index (κ1) is 20.6. The van der Waals surface area contributed by atoms with Gasteiger partial charge in [0.05, 0.1) is 12.8 Å². The molecule has 0 aromatic heterocycles.